The summed E-state index contributed by atoms with van der Waals surface area (Å²) in [6.07, 6.45) is 4.80. The average molecular weight is 286 g/mol. The predicted octanol–water partition coefficient (Wildman–Crippen LogP) is 1.62. The number of aryl methyl sites for hydroxylation is 1. The van der Waals surface area contributed by atoms with Crippen molar-refractivity contribution >= 4 is 17.5 Å². The SMILES string of the molecule is O=C1CCc2cc(C(=O)NC3CC4CCC3O4)ccc2N1. The van der Waals surface area contributed by atoms with Crippen LogP contribution in [0.15, 0.2) is 18.2 Å². The van der Waals surface area contributed by atoms with Crippen LogP contribution in [0.3, 0.4) is 0 Å². The van der Waals surface area contributed by atoms with Crippen LogP contribution in [0.2, 0.25) is 0 Å². The Morgan fingerprint density at radius 1 is 1.29 bits per heavy atom. The van der Waals surface area contributed by atoms with Gasteiger partial charge in [-0.2, -0.15) is 0 Å². The largest absolute Gasteiger partial charge is 0.373 e. The van der Waals surface area contributed by atoms with Crippen LogP contribution in [0.5, 0.6) is 0 Å². The third-order valence-corrected chi connectivity index (χ3v) is 4.69. The lowest BCUT2D eigenvalue weighted by molar-refractivity contribution is -0.116. The van der Waals surface area contributed by atoms with E-state index in [4.69, 9.17) is 4.74 Å². The van der Waals surface area contributed by atoms with E-state index in [1.807, 2.05) is 12.1 Å². The fraction of sp³-hybridized carbons (Fsp3) is 0.500. The molecule has 110 valence electrons. The Morgan fingerprint density at radius 2 is 2.19 bits per heavy atom. The van der Waals surface area contributed by atoms with E-state index in [1.54, 1.807) is 6.07 Å². The van der Waals surface area contributed by atoms with Crippen molar-refractivity contribution in [1.29, 1.82) is 0 Å². The number of anilines is 1. The number of carbonyl (C=O) groups is 2. The lowest BCUT2D eigenvalue weighted by Crippen LogP contribution is -2.41. The minimum absolute atomic E-state index is 0.0406. The van der Waals surface area contributed by atoms with E-state index in [1.165, 1.54) is 0 Å². The van der Waals surface area contributed by atoms with Gasteiger partial charge in [-0.25, -0.2) is 0 Å². The van der Waals surface area contributed by atoms with Gasteiger partial charge in [0.15, 0.2) is 0 Å². The third kappa shape index (κ3) is 2.31. The lowest BCUT2D eigenvalue weighted by Gasteiger charge is -2.21. The molecule has 3 aliphatic rings. The van der Waals surface area contributed by atoms with Gasteiger partial charge in [0.1, 0.15) is 0 Å². The van der Waals surface area contributed by atoms with Crippen molar-refractivity contribution in [2.24, 2.45) is 0 Å². The number of benzene rings is 1. The normalized spacial score (nSPS) is 29.9. The van der Waals surface area contributed by atoms with E-state index in [0.717, 1.165) is 30.5 Å². The van der Waals surface area contributed by atoms with E-state index in [9.17, 15) is 9.59 Å². The van der Waals surface area contributed by atoms with Crippen molar-refractivity contribution in [2.45, 2.75) is 50.4 Å². The highest BCUT2D eigenvalue weighted by atomic mass is 16.5. The summed E-state index contributed by atoms with van der Waals surface area (Å²) >= 11 is 0. The number of rotatable bonds is 2. The number of hydrogen-bond acceptors (Lipinski definition) is 3. The highest BCUT2D eigenvalue weighted by Crippen LogP contribution is 2.34. The van der Waals surface area contributed by atoms with Gasteiger partial charge in [0.05, 0.1) is 18.2 Å². The first-order valence-electron chi connectivity index (χ1n) is 7.58. The monoisotopic (exact) mass is 286 g/mol. The molecule has 21 heavy (non-hydrogen) atoms. The molecule has 2 saturated heterocycles. The first-order chi connectivity index (χ1) is 10.2. The first-order valence-corrected chi connectivity index (χ1v) is 7.58. The van der Waals surface area contributed by atoms with Crippen LogP contribution >= 0.6 is 0 Å². The van der Waals surface area contributed by atoms with Gasteiger partial charge in [0.25, 0.3) is 5.91 Å². The molecule has 5 nitrogen and oxygen atoms in total. The van der Waals surface area contributed by atoms with Crippen LogP contribution in [0.25, 0.3) is 0 Å². The van der Waals surface area contributed by atoms with Crippen molar-refractivity contribution in [2.75, 3.05) is 5.32 Å². The summed E-state index contributed by atoms with van der Waals surface area (Å²) in [6.45, 7) is 0. The predicted molar refractivity (Wildman–Crippen MR) is 77.2 cm³/mol. The molecule has 3 heterocycles. The van der Waals surface area contributed by atoms with Crippen LogP contribution in [0.4, 0.5) is 5.69 Å². The van der Waals surface area contributed by atoms with Gasteiger partial charge in [-0.3, -0.25) is 9.59 Å². The third-order valence-electron chi connectivity index (χ3n) is 4.69. The zero-order chi connectivity index (χ0) is 14.4. The van der Waals surface area contributed by atoms with Gasteiger partial charge in [-0.15, -0.1) is 0 Å². The number of hydrogen-bond donors (Lipinski definition) is 2. The molecule has 0 saturated carbocycles. The summed E-state index contributed by atoms with van der Waals surface area (Å²) in [4.78, 5) is 23.7. The van der Waals surface area contributed by atoms with Crippen molar-refractivity contribution in [1.82, 2.24) is 5.32 Å². The highest BCUT2D eigenvalue weighted by molar-refractivity contribution is 5.98. The summed E-state index contributed by atoms with van der Waals surface area (Å²) in [5.41, 5.74) is 2.52. The van der Waals surface area contributed by atoms with Gasteiger partial charge < -0.3 is 15.4 Å². The maximum absolute atomic E-state index is 12.4. The Labute approximate surface area is 123 Å². The summed E-state index contributed by atoms with van der Waals surface area (Å²) in [5, 5.41) is 5.92. The van der Waals surface area contributed by atoms with E-state index < -0.39 is 0 Å². The van der Waals surface area contributed by atoms with Gasteiger partial charge in [0.2, 0.25) is 5.91 Å². The smallest absolute Gasteiger partial charge is 0.251 e. The molecular formula is C16H18N2O3. The summed E-state index contributed by atoms with van der Waals surface area (Å²) in [5.74, 6) is -0.00492. The molecule has 0 radical (unpaired) electrons. The zero-order valence-electron chi connectivity index (χ0n) is 11.7. The standard InChI is InChI=1S/C16H18N2O3/c19-15-6-2-9-7-10(1-4-12(9)17-15)16(20)18-13-8-11-3-5-14(13)21-11/h1,4,7,11,13-14H,2-3,5-6,8H2,(H,17,19)(H,18,20). The van der Waals surface area contributed by atoms with Crippen molar-refractivity contribution in [3.05, 3.63) is 29.3 Å². The number of ether oxygens (including phenoxy) is 1. The molecule has 2 fully saturated rings. The second kappa shape index (κ2) is 4.84. The maximum Gasteiger partial charge on any atom is 0.251 e. The number of fused-ring (bicyclic) bond motifs is 3. The first kappa shape index (κ1) is 12.8. The van der Waals surface area contributed by atoms with Crippen LogP contribution in [0.1, 0.15) is 41.6 Å². The van der Waals surface area contributed by atoms with Crippen LogP contribution in [-0.4, -0.2) is 30.1 Å². The fourth-order valence-electron chi connectivity index (χ4n) is 3.57. The Morgan fingerprint density at radius 3 is 2.95 bits per heavy atom. The van der Waals surface area contributed by atoms with Crippen LogP contribution in [0, 0.1) is 0 Å². The molecular weight excluding hydrogens is 268 g/mol. The second-order valence-corrected chi connectivity index (χ2v) is 6.11. The number of nitrogens with one attached hydrogen (secondary N) is 2. The molecule has 0 spiro atoms. The quantitative estimate of drug-likeness (QED) is 0.868. The van der Waals surface area contributed by atoms with Crippen molar-refractivity contribution < 1.29 is 14.3 Å². The molecule has 3 atom stereocenters. The number of carbonyl (C=O) groups excluding carboxylic acids is 2. The van der Waals surface area contributed by atoms with E-state index in [0.29, 0.717) is 24.5 Å². The Bertz CT molecular complexity index is 614. The molecule has 3 aliphatic heterocycles. The molecule has 1 aromatic carbocycles. The molecule has 2 bridgehead atoms. The fourth-order valence-corrected chi connectivity index (χ4v) is 3.57. The van der Waals surface area contributed by atoms with Crippen LogP contribution < -0.4 is 10.6 Å². The zero-order valence-corrected chi connectivity index (χ0v) is 11.7. The van der Waals surface area contributed by atoms with E-state index >= 15 is 0 Å². The Kier molecular flexibility index (Phi) is 2.96. The Balaban J connectivity index is 1.48. The molecule has 1 aromatic rings. The van der Waals surface area contributed by atoms with E-state index in [2.05, 4.69) is 10.6 Å². The second-order valence-electron chi connectivity index (χ2n) is 6.11. The minimum atomic E-state index is -0.0455. The molecule has 0 aliphatic carbocycles. The minimum Gasteiger partial charge on any atom is -0.373 e. The summed E-state index contributed by atoms with van der Waals surface area (Å²) in [6, 6.07) is 5.62. The Hall–Kier alpha value is -1.88. The molecule has 3 unspecified atom stereocenters. The van der Waals surface area contributed by atoms with Gasteiger partial charge in [-0.1, -0.05) is 0 Å². The summed E-state index contributed by atoms with van der Waals surface area (Å²) < 4.78 is 5.76. The molecule has 5 heteroatoms. The van der Waals surface area contributed by atoms with Crippen molar-refractivity contribution in [3.63, 3.8) is 0 Å². The maximum atomic E-state index is 12.4. The number of amides is 2. The summed E-state index contributed by atoms with van der Waals surface area (Å²) in [7, 11) is 0. The van der Waals surface area contributed by atoms with Gasteiger partial charge >= 0.3 is 0 Å². The highest BCUT2D eigenvalue weighted by Gasteiger charge is 2.41. The molecule has 0 aromatic heterocycles. The molecule has 2 amide bonds. The van der Waals surface area contributed by atoms with Gasteiger partial charge in [0, 0.05) is 17.7 Å². The molecule has 2 N–H and O–H groups in total. The lowest BCUT2D eigenvalue weighted by atomic mass is 9.95. The van der Waals surface area contributed by atoms with Crippen LogP contribution in [-0.2, 0) is 16.0 Å². The average Bonchev–Trinajstić information content (AvgIpc) is 3.09. The molecule has 4 rings (SSSR count). The topological polar surface area (TPSA) is 67.4 Å². The van der Waals surface area contributed by atoms with Crippen molar-refractivity contribution in [3.8, 4) is 0 Å². The van der Waals surface area contributed by atoms with Gasteiger partial charge in [-0.05, 0) is 49.4 Å². The van der Waals surface area contributed by atoms with E-state index in [-0.39, 0.29) is 24.0 Å².